The van der Waals surface area contributed by atoms with Gasteiger partial charge in [0.1, 0.15) is 18.0 Å². The minimum atomic E-state index is -0.179. The van der Waals surface area contributed by atoms with Gasteiger partial charge in [-0.1, -0.05) is 25.7 Å². The minimum Gasteiger partial charge on any atom is -0.872 e. The van der Waals surface area contributed by atoms with E-state index in [1.165, 1.54) is 17.4 Å². The average molecular weight is 447 g/mol. The average Bonchev–Trinajstić information content (AvgIpc) is 3.26. The van der Waals surface area contributed by atoms with Gasteiger partial charge in [-0.15, -0.1) is 0 Å². The zero-order valence-corrected chi connectivity index (χ0v) is 19.6. The van der Waals surface area contributed by atoms with Crippen LogP contribution in [-0.2, 0) is 13.6 Å². The summed E-state index contributed by atoms with van der Waals surface area (Å²) in [5, 5.41) is 13.8. The maximum atomic E-state index is 13.2. The Labute approximate surface area is 194 Å². The van der Waals surface area contributed by atoms with Crippen molar-refractivity contribution in [3.05, 3.63) is 59.0 Å². The fraction of sp³-hybridized carbons (Fsp3) is 0.370. The molecule has 5 rings (SSSR count). The van der Waals surface area contributed by atoms with Gasteiger partial charge in [0.2, 0.25) is 5.78 Å². The van der Waals surface area contributed by atoms with Gasteiger partial charge in [0.25, 0.3) is 0 Å². The van der Waals surface area contributed by atoms with Crippen LogP contribution in [0.4, 0.5) is 0 Å². The van der Waals surface area contributed by atoms with E-state index in [2.05, 4.69) is 13.8 Å². The third kappa shape index (κ3) is 3.89. The number of quaternary nitrogens is 1. The summed E-state index contributed by atoms with van der Waals surface area (Å²) in [7, 11) is 3.60. The number of carbonyl (C=O) groups excluding carboxylic acids is 1. The zero-order chi connectivity index (χ0) is 23.3. The van der Waals surface area contributed by atoms with Gasteiger partial charge in [-0.3, -0.25) is 4.79 Å². The number of Topliss-reactive ketones (excluding diaryl/α,β-unsaturated/α-hetero) is 1. The van der Waals surface area contributed by atoms with Gasteiger partial charge in [0.15, 0.2) is 5.76 Å². The van der Waals surface area contributed by atoms with Gasteiger partial charge in [-0.2, -0.15) is 0 Å². The van der Waals surface area contributed by atoms with E-state index in [0.29, 0.717) is 35.3 Å². The van der Waals surface area contributed by atoms with Gasteiger partial charge >= 0.3 is 0 Å². The van der Waals surface area contributed by atoms with Crippen molar-refractivity contribution in [2.45, 2.75) is 26.8 Å². The largest absolute Gasteiger partial charge is 0.872 e. The summed E-state index contributed by atoms with van der Waals surface area (Å²) in [6.07, 6.45) is 4.96. The van der Waals surface area contributed by atoms with Crippen molar-refractivity contribution in [3.8, 4) is 17.2 Å². The number of aromatic nitrogens is 1. The van der Waals surface area contributed by atoms with Crippen LogP contribution in [0.1, 0.15) is 41.8 Å². The molecule has 33 heavy (non-hydrogen) atoms. The molecule has 2 aromatic carbocycles. The summed E-state index contributed by atoms with van der Waals surface area (Å²) in [6, 6.07) is 8.98. The highest BCUT2D eigenvalue weighted by atomic mass is 16.5. The highest BCUT2D eigenvalue weighted by Gasteiger charge is 2.33. The number of methoxy groups -OCH3 is 1. The molecule has 2 unspecified atom stereocenters. The number of carbonyl (C=O) groups is 1. The molecule has 2 aliphatic heterocycles. The van der Waals surface area contributed by atoms with E-state index >= 15 is 0 Å². The second-order valence-corrected chi connectivity index (χ2v) is 9.72. The molecule has 0 radical (unpaired) electrons. The Hall–Kier alpha value is -3.25. The number of rotatable bonds is 4. The van der Waals surface area contributed by atoms with Crippen LogP contribution in [0, 0.1) is 11.8 Å². The van der Waals surface area contributed by atoms with Crippen molar-refractivity contribution in [2.75, 3.05) is 20.2 Å². The third-order valence-corrected chi connectivity index (χ3v) is 6.92. The number of hydrogen-bond donors (Lipinski definition) is 1. The molecule has 1 saturated heterocycles. The Balaban J connectivity index is 1.50. The zero-order valence-electron chi connectivity index (χ0n) is 19.6. The molecule has 1 N–H and O–H groups in total. The first-order valence-corrected chi connectivity index (χ1v) is 11.6. The molecule has 1 aromatic heterocycles. The Morgan fingerprint density at radius 1 is 1.21 bits per heavy atom. The number of nitrogens with one attached hydrogen (secondary N) is 1. The molecule has 6 heteroatoms. The van der Waals surface area contributed by atoms with E-state index in [-0.39, 0.29) is 17.3 Å². The summed E-state index contributed by atoms with van der Waals surface area (Å²) in [6.45, 7) is 7.18. The third-order valence-electron chi connectivity index (χ3n) is 6.92. The van der Waals surface area contributed by atoms with Crippen LogP contribution in [0.25, 0.3) is 17.0 Å². The van der Waals surface area contributed by atoms with Crippen molar-refractivity contribution in [1.29, 1.82) is 0 Å². The molecule has 172 valence electrons. The van der Waals surface area contributed by atoms with Gasteiger partial charge in [0.05, 0.1) is 25.8 Å². The monoisotopic (exact) mass is 446 g/mol. The molecule has 0 spiro atoms. The second-order valence-electron chi connectivity index (χ2n) is 9.72. The van der Waals surface area contributed by atoms with Gasteiger partial charge < -0.3 is 24.0 Å². The van der Waals surface area contributed by atoms with Crippen molar-refractivity contribution < 1.29 is 24.3 Å². The molecular formula is C27H30N2O4. The molecule has 6 nitrogen and oxygen atoms in total. The topological polar surface area (TPSA) is 68.0 Å². The molecule has 0 aliphatic carbocycles. The Bertz CT molecular complexity index is 1260. The molecule has 2 aliphatic rings. The Morgan fingerprint density at radius 2 is 1.97 bits per heavy atom. The molecule has 3 heterocycles. The standard InChI is InChI=1S/C27H30N2O4/c1-16-9-17(2)13-29(12-16)15-22-24(30)8-6-20-26(31)25(33-27(20)22)10-18-14-28(3)23-7-5-19(32-4)11-21(18)23/h5-8,10-11,14,16-17,30H,9,12-13,15H2,1-4H3. The summed E-state index contributed by atoms with van der Waals surface area (Å²) >= 11 is 0. The van der Waals surface area contributed by atoms with Crippen molar-refractivity contribution >= 4 is 22.8 Å². The van der Waals surface area contributed by atoms with Crippen LogP contribution in [0.5, 0.6) is 17.2 Å². The van der Waals surface area contributed by atoms with E-state index in [1.54, 1.807) is 19.3 Å². The highest BCUT2D eigenvalue weighted by molar-refractivity contribution is 6.15. The number of hydrogen-bond acceptors (Lipinski definition) is 4. The number of aryl methyl sites for hydroxylation is 1. The SMILES string of the molecule is COc1ccc2c(c1)c(C=C1Oc3c(ccc([O-])c3C[NH+]3CC(C)CC(C)C3)C1=O)cn2C. The van der Waals surface area contributed by atoms with Crippen molar-refractivity contribution in [1.82, 2.24) is 4.57 Å². The number of nitrogens with zero attached hydrogens (tertiary/aromatic N) is 1. The molecule has 2 atom stereocenters. The van der Waals surface area contributed by atoms with Crippen molar-refractivity contribution in [3.63, 3.8) is 0 Å². The predicted octanol–water partition coefficient (Wildman–Crippen LogP) is 2.94. The lowest BCUT2D eigenvalue weighted by Crippen LogP contribution is -3.13. The summed E-state index contributed by atoms with van der Waals surface area (Å²) in [5.74, 6) is 2.45. The summed E-state index contributed by atoms with van der Waals surface area (Å²) in [4.78, 5) is 14.6. The first-order chi connectivity index (χ1) is 15.8. The number of allylic oxidation sites excluding steroid dienone is 1. The van der Waals surface area contributed by atoms with Crippen LogP contribution in [-0.4, -0.2) is 30.5 Å². The first-order valence-electron chi connectivity index (χ1n) is 11.6. The van der Waals surface area contributed by atoms with Gasteiger partial charge in [-0.05, 0) is 36.8 Å². The van der Waals surface area contributed by atoms with Crippen LogP contribution < -0.4 is 19.5 Å². The van der Waals surface area contributed by atoms with E-state index in [0.717, 1.165) is 35.3 Å². The Morgan fingerprint density at radius 3 is 2.70 bits per heavy atom. The molecule has 1 fully saturated rings. The van der Waals surface area contributed by atoms with Crippen LogP contribution in [0.3, 0.4) is 0 Å². The lowest BCUT2D eigenvalue weighted by atomic mass is 9.91. The number of likely N-dealkylation sites (tertiary alicyclic amines) is 1. The number of benzene rings is 2. The summed E-state index contributed by atoms with van der Waals surface area (Å²) in [5.41, 5.74) is 2.99. The molecule has 0 amide bonds. The normalized spacial score (nSPS) is 23.7. The smallest absolute Gasteiger partial charge is 0.231 e. The van der Waals surface area contributed by atoms with Crippen LogP contribution >= 0.6 is 0 Å². The maximum Gasteiger partial charge on any atom is 0.231 e. The highest BCUT2D eigenvalue weighted by Crippen LogP contribution is 2.39. The molecule has 0 saturated carbocycles. The quantitative estimate of drug-likeness (QED) is 0.626. The molecule has 3 aromatic rings. The number of ketones is 1. The fourth-order valence-electron chi connectivity index (χ4n) is 5.56. The fourth-order valence-corrected chi connectivity index (χ4v) is 5.56. The maximum absolute atomic E-state index is 13.2. The second kappa shape index (κ2) is 8.27. The molecular weight excluding hydrogens is 416 g/mol. The lowest BCUT2D eigenvalue weighted by Gasteiger charge is -2.33. The van der Waals surface area contributed by atoms with Crippen LogP contribution in [0.2, 0.25) is 0 Å². The Kier molecular flexibility index (Phi) is 5.41. The number of ether oxygens (including phenoxy) is 2. The van der Waals surface area contributed by atoms with E-state index in [4.69, 9.17) is 9.47 Å². The predicted molar refractivity (Wildman–Crippen MR) is 126 cm³/mol. The van der Waals surface area contributed by atoms with Crippen LogP contribution in [0.15, 0.2) is 42.3 Å². The van der Waals surface area contributed by atoms with E-state index < -0.39 is 0 Å². The van der Waals surface area contributed by atoms with Gasteiger partial charge in [0, 0.05) is 47.1 Å². The molecule has 0 bridgehead atoms. The minimum absolute atomic E-state index is 0.0592. The number of piperidine rings is 1. The van der Waals surface area contributed by atoms with Crippen molar-refractivity contribution in [2.24, 2.45) is 18.9 Å². The van der Waals surface area contributed by atoms with E-state index in [9.17, 15) is 9.90 Å². The lowest BCUT2D eigenvalue weighted by molar-refractivity contribution is -0.925. The summed E-state index contributed by atoms with van der Waals surface area (Å²) < 4.78 is 13.5. The first kappa shape index (κ1) is 21.6. The number of fused-ring (bicyclic) bond motifs is 2. The van der Waals surface area contributed by atoms with Gasteiger partial charge in [-0.25, -0.2) is 0 Å². The van der Waals surface area contributed by atoms with E-state index in [1.807, 2.05) is 36.0 Å².